The molecule has 0 saturated carbocycles. The first-order chi connectivity index (χ1) is 10.7. The van der Waals surface area contributed by atoms with Crippen LogP contribution in [0.1, 0.15) is 11.1 Å². The average Bonchev–Trinajstić information content (AvgIpc) is 2.54. The Morgan fingerprint density at radius 1 is 1.32 bits per heavy atom. The highest BCUT2D eigenvalue weighted by Crippen LogP contribution is 2.06. The fourth-order valence-corrected chi connectivity index (χ4v) is 1.78. The lowest BCUT2D eigenvalue weighted by atomic mass is 10.2. The van der Waals surface area contributed by atoms with E-state index in [1.165, 1.54) is 6.20 Å². The third kappa shape index (κ3) is 4.46. The molecule has 1 aromatic heterocycles. The van der Waals surface area contributed by atoms with Crippen molar-refractivity contribution in [2.75, 3.05) is 5.32 Å². The molecule has 0 saturated heterocycles. The van der Waals surface area contributed by atoms with Crippen LogP contribution in [0.5, 0.6) is 0 Å². The minimum absolute atomic E-state index is 0.000706. The van der Waals surface area contributed by atoms with Crippen molar-refractivity contribution in [3.8, 4) is 6.07 Å². The molecule has 0 radical (unpaired) electrons. The summed E-state index contributed by atoms with van der Waals surface area (Å²) in [5.41, 5.74) is 2.01. The topological polar surface area (TPSA) is 77.8 Å². The number of aryl methyl sites for hydroxylation is 1. The van der Waals surface area contributed by atoms with Crippen molar-refractivity contribution in [1.29, 1.82) is 5.26 Å². The van der Waals surface area contributed by atoms with Crippen LogP contribution in [0.15, 0.2) is 60.4 Å². The minimum atomic E-state index is -0.425. The summed E-state index contributed by atoms with van der Waals surface area (Å²) < 4.78 is 0. The molecule has 1 amide bonds. The largest absolute Gasteiger partial charge is 0.347 e. The van der Waals surface area contributed by atoms with Crippen LogP contribution in [-0.4, -0.2) is 10.9 Å². The second kappa shape index (κ2) is 7.60. The molecule has 0 atom stereocenters. The highest BCUT2D eigenvalue weighted by molar-refractivity contribution is 5.97. The van der Waals surface area contributed by atoms with Crippen molar-refractivity contribution >= 4 is 11.7 Å². The number of pyridine rings is 1. The molecule has 0 fully saturated rings. The second-order valence-electron chi connectivity index (χ2n) is 4.70. The first-order valence-electron chi connectivity index (χ1n) is 6.80. The predicted octanol–water partition coefficient (Wildman–Crippen LogP) is 2.53. The zero-order chi connectivity index (χ0) is 15.8. The normalized spacial score (nSPS) is 10.6. The molecule has 1 aromatic carbocycles. The highest BCUT2D eigenvalue weighted by Gasteiger charge is 2.08. The van der Waals surface area contributed by atoms with E-state index in [1.807, 2.05) is 55.5 Å². The number of nitrogens with one attached hydrogen (secondary N) is 2. The summed E-state index contributed by atoms with van der Waals surface area (Å²) in [6, 6.07) is 15.1. The van der Waals surface area contributed by atoms with Crippen LogP contribution >= 0.6 is 0 Å². The van der Waals surface area contributed by atoms with Crippen LogP contribution in [0, 0.1) is 18.3 Å². The fraction of sp³-hybridized carbons (Fsp3) is 0.118. The molecule has 110 valence electrons. The van der Waals surface area contributed by atoms with Crippen molar-refractivity contribution in [3.05, 3.63) is 71.6 Å². The van der Waals surface area contributed by atoms with Gasteiger partial charge < -0.3 is 10.6 Å². The van der Waals surface area contributed by atoms with E-state index in [-0.39, 0.29) is 5.57 Å². The van der Waals surface area contributed by atoms with Crippen LogP contribution in [0.2, 0.25) is 0 Å². The number of anilines is 1. The summed E-state index contributed by atoms with van der Waals surface area (Å²) in [5.74, 6) is 0.162. The first kappa shape index (κ1) is 15.3. The summed E-state index contributed by atoms with van der Waals surface area (Å²) in [6.45, 7) is 2.32. The zero-order valence-electron chi connectivity index (χ0n) is 12.2. The van der Waals surface area contributed by atoms with Crippen molar-refractivity contribution in [1.82, 2.24) is 10.3 Å². The van der Waals surface area contributed by atoms with Gasteiger partial charge in [-0.2, -0.15) is 5.26 Å². The van der Waals surface area contributed by atoms with Gasteiger partial charge in [0.25, 0.3) is 5.91 Å². The van der Waals surface area contributed by atoms with Crippen molar-refractivity contribution < 1.29 is 4.79 Å². The van der Waals surface area contributed by atoms with Crippen molar-refractivity contribution in [2.24, 2.45) is 0 Å². The molecule has 2 N–H and O–H groups in total. The maximum Gasteiger partial charge on any atom is 0.263 e. The van der Waals surface area contributed by atoms with Gasteiger partial charge in [-0.25, -0.2) is 4.98 Å². The van der Waals surface area contributed by atoms with Crippen LogP contribution in [0.25, 0.3) is 0 Å². The Morgan fingerprint density at radius 2 is 2.09 bits per heavy atom. The van der Waals surface area contributed by atoms with E-state index in [0.29, 0.717) is 12.4 Å². The molecule has 5 heteroatoms. The van der Waals surface area contributed by atoms with E-state index >= 15 is 0 Å². The predicted molar refractivity (Wildman–Crippen MR) is 84.6 cm³/mol. The van der Waals surface area contributed by atoms with Crippen LogP contribution < -0.4 is 10.6 Å². The molecule has 0 bridgehead atoms. The summed E-state index contributed by atoms with van der Waals surface area (Å²) in [6.07, 6.45) is 3.02. The molecule has 1 heterocycles. The zero-order valence-corrected chi connectivity index (χ0v) is 12.2. The Bertz CT molecular complexity index is 717. The molecular formula is C17H16N4O. The third-order valence-corrected chi connectivity index (χ3v) is 2.94. The number of benzene rings is 1. The lowest BCUT2D eigenvalue weighted by molar-refractivity contribution is -0.117. The van der Waals surface area contributed by atoms with Gasteiger partial charge in [-0.1, -0.05) is 30.3 Å². The standard InChI is InChI=1S/C17H16N4O/c1-13-7-8-19-16(9-13)20-12-15(10-18)17(22)21-11-14-5-3-2-4-6-14/h2-9,12H,11H2,1H3,(H,19,20)(H,21,22)/b15-12-. The molecular weight excluding hydrogens is 276 g/mol. The lowest BCUT2D eigenvalue weighted by Gasteiger charge is -2.05. The quantitative estimate of drug-likeness (QED) is 0.655. The number of aromatic nitrogens is 1. The summed E-state index contributed by atoms with van der Waals surface area (Å²) in [4.78, 5) is 16.1. The van der Waals surface area contributed by atoms with Gasteiger partial charge in [0.1, 0.15) is 17.5 Å². The van der Waals surface area contributed by atoms with Crippen molar-refractivity contribution in [2.45, 2.75) is 13.5 Å². The molecule has 0 spiro atoms. The number of rotatable bonds is 5. The molecule has 0 aliphatic carbocycles. The van der Waals surface area contributed by atoms with Crippen LogP contribution in [0.4, 0.5) is 5.82 Å². The van der Waals surface area contributed by atoms with Gasteiger partial charge in [0, 0.05) is 18.9 Å². The Hall–Kier alpha value is -3.13. The van der Waals surface area contributed by atoms with E-state index in [9.17, 15) is 4.79 Å². The number of hydrogen-bond acceptors (Lipinski definition) is 4. The Balaban J connectivity index is 1.97. The van der Waals surface area contributed by atoms with Gasteiger partial charge >= 0.3 is 0 Å². The maximum absolute atomic E-state index is 12.0. The van der Waals surface area contributed by atoms with E-state index < -0.39 is 5.91 Å². The second-order valence-corrected chi connectivity index (χ2v) is 4.70. The van der Waals surface area contributed by atoms with E-state index in [4.69, 9.17) is 5.26 Å². The molecule has 0 unspecified atom stereocenters. The maximum atomic E-state index is 12.0. The van der Waals surface area contributed by atoms with Crippen LogP contribution in [-0.2, 0) is 11.3 Å². The summed E-state index contributed by atoms with van der Waals surface area (Å²) in [7, 11) is 0. The average molecular weight is 292 g/mol. The number of carbonyl (C=O) groups is 1. The molecule has 22 heavy (non-hydrogen) atoms. The van der Waals surface area contributed by atoms with E-state index in [1.54, 1.807) is 6.20 Å². The SMILES string of the molecule is Cc1ccnc(N/C=C(/C#N)C(=O)NCc2ccccc2)c1. The minimum Gasteiger partial charge on any atom is -0.347 e. The fourth-order valence-electron chi connectivity index (χ4n) is 1.78. The molecule has 2 aromatic rings. The van der Waals surface area contributed by atoms with Gasteiger partial charge in [0.05, 0.1) is 0 Å². The van der Waals surface area contributed by atoms with Gasteiger partial charge in [-0.05, 0) is 30.2 Å². The van der Waals surface area contributed by atoms with Gasteiger partial charge in [-0.15, -0.1) is 0 Å². The Kier molecular flexibility index (Phi) is 5.27. The smallest absolute Gasteiger partial charge is 0.263 e. The molecule has 0 aliphatic rings. The first-order valence-corrected chi connectivity index (χ1v) is 6.80. The monoisotopic (exact) mass is 292 g/mol. The Labute approximate surface area is 129 Å². The van der Waals surface area contributed by atoms with Crippen molar-refractivity contribution in [3.63, 3.8) is 0 Å². The number of nitrogens with zero attached hydrogens (tertiary/aromatic N) is 2. The molecule has 5 nitrogen and oxygen atoms in total. The number of nitriles is 1. The lowest BCUT2D eigenvalue weighted by Crippen LogP contribution is -2.24. The van der Waals surface area contributed by atoms with Gasteiger partial charge in [-0.3, -0.25) is 4.79 Å². The highest BCUT2D eigenvalue weighted by atomic mass is 16.1. The van der Waals surface area contributed by atoms with Crippen LogP contribution in [0.3, 0.4) is 0 Å². The van der Waals surface area contributed by atoms with E-state index in [2.05, 4.69) is 15.6 Å². The molecule has 0 aliphatic heterocycles. The number of hydrogen-bond donors (Lipinski definition) is 2. The van der Waals surface area contributed by atoms with Gasteiger partial charge in [0.2, 0.25) is 0 Å². The van der Waals surface area contributed by atoms with Gasteiger partial charge in [0.15, 0.2) is 0 Å². The summed E-state index contributed by atoms with van der Waals surface area (Å²) in [5, 5.41) is 14.7. The number of carbonyl (C=O) groups excluding carboxylic acids is 1. The number of amides is 1. The molecule has 2 rings (SSSR count). The van der Waals surface area contributed by atoms with E-state index in [0.717, 1.165) is 11.1 Å². The summed E-state index contributed by atoms with van der Waals surface area (Å²) >= 11 is 0. The Morgan fingerprint density at radius 3 is 2.77 bits per heavy atom. The third-order valence-electron chi connectivity index (χ3n) is 2.94.